The third-order valence-electron chi connectivity index (χ3n) is 3.76. The topological polar surface area (TPSA) is 84.7 Å². The molecule has 1 atom stereocenters. The summed E-state index contributed by atoms with van der Waals surface area (Å²) in [6.45, 7) is 4.42. The first-order valence-electron chi connectivity index (χ1n) is 7.14. The summed E-state index contributed by atoms with van der Waals surface area (Å²) in [4.78, 5) is 25.1. The van der Waals surface area contributed by atoms with E-state index in [9.17, 15) is 9.59 Å². The molecule has 1 fully saturated rings. The number of amides is 2. The zero-order chi connectivity index (χ0) is 15.4. The van der Waals surface area contributed by atoms with E-state index in [1.807, 2.05) is 13.8 Å². The van der Waals surface area contributed by atoms with Gasteiger partial charge in [-0.25, -0.2) is 4.79 Å². The van der Waals surface area contributed by atoms with Crippen LogP contribution in [-0.4, -0.2) is 42.3 Å². The highest BCUT2D eigenvalue weighted by Gasteiger charge is 2.34. The van der Waals surface area contributed by atoms with E-state index < -0.39 is 5.97 Å². The van der Waals surface area contributed by atoms with Crippen LogP contribution in [0.3, 0.4) is 0 Å². The molecule has 1 aromatic heterocycles. The van der Waals surface area contributed by atoms with Crippen LogP contribution in [0.1, 0.15) is 42.8 Å². The number of rotatable bonds is 4. The summed E-state index contributed by atoms with van der Waals surface area (Å²) in [7, 11) is 1.29. The van der Waals surface area contributed by atoms with Crippen molar-refractivity contribution in [1.82, 2.24) is 15.4 Å². The predicted molar refractivity (Wildman–Crippen MR) is 74.7 cm³/mol. The van der Waals surface area contributed by atoms with Gasteiger partial charge >= 0.3 is 12.0 Å². The number of hydrogen-bond acceptors (Lipinski definition) is 5. The van der Waals surface area contributed by atoms with Gasteiger partial charge in [-0.05, 0) is 19.8 Å². The summed E-state index contributed by atoms with van der Waals surface area (Å²) in [5.74, 6) is 0.361. The van der Waals surface area contributed by atoms with Gasteiger partial charge in [-0.1, -0.05) is 12.1 Å². The lowest BCUT2D eigenvalue weighted by atomic mass is 10.0. The number of ether oxygens (including phenoxy) is 1. The molecule has 116 valence electrons. The molecule has 21 heavy (non-hydrogen) atoms. The fraction of sp³-hybridized carbons (Fsp3) is 0.643. The maximum atomic E-state index is 12.2. The highest BCUT2D eigenvalue weighted by molar-refractivity contribution is 5.81. The van der Waals surface area contributed by atoms with Crippen molar-refractivity contribution in [2.75, 3.05) is 20.2 Å². The normalized spacial score (nSPS) is 17.9. The quantitative estimate of drug-likeness (QED) is 0.852. The lowest BCUT2D eigenvalue weighted by Crippen LogP contribution is -2.42. The Morgan fingerprint density at radius 2 is 2.29 bits per heavy atom. The first-order valence-corrected chi connectivity index (χ1v) is 7.14. The average molecular weight is 295 g/mol. The van der Waals surface area contributed by atoms with E-state index in [-0.39, 0.29) is 18.6 Å². The van der Waals surface area contributed by atoms with Crippen molar-refractivity contribution < 1.29 is 18.8 Å². The number of nitrogens with one attached hydrogen (secondary N) is 1. The molecule has 2 rings (SSSR count). The zero-order valence-corrected chi connectivity index (χ0v) is 12.6. The minimum absolute atomic E-state index is 0.0381. The SMILES string of the molecule is CCc1onc(C)c1C1CCCN1C(=O)NCC(=O)OC. The number of likely N-dealkylation sites (tertiary alicyclic amines) is 1. The summed E-state index contributed by atoms with van der Waals surface area (Å²) in [6, 6.07) is -0.297. The van der Waals surface area contributed by atoms with Crippen molar-refractivity contribution in [3.8, 4) is 0 Å². The number of carbonyl (C=O) groups is 2. The van der Waals surface area contributed by atoms with E-state index in [1.54, 1.807) is 4.90 Å². The van der Waals surface area contributed by atoms with Gasteiger partial charge in [0.05, 0.1) is 18.8 Å². The summed E-state index contributed by atoms with van der Waals surface area (Å²) in [5, 5.41) is 6.59. The second-order valence-corrected chi connectivity index (χ2v) is 5.04. The third kappa shape index (κ3) is 3.17. The van der Waals surface area contributed by atoms with E-state index in [2.05, 4.69) is 15.2 Å². The molecule has 1 aromatic rings. The molecule has 7 nitrogen and oxygen atoms in total. The van der Waals surface area contributed by atoms with Gasteiger partial charge in [-0.3, -0.25) is 4.79 Å². The van der Waals surface area contributed by atoms with E-state index >= 15 is 0 Å². The van der Waals surface area contributed by atoms with Crippen molar-refractivity contribution >= 4 is 12.0 Å². The molecule has 2 amide bonds. The molecular weight excluding hydrogens is 274 g/mol. The predicted octanol–water partition coefficient (Wildman–Crippen LogP) is 1.56. The Morgan fingerprint density at radius 3 is 2.95 bits per heavy atom. The van der Waals surface area contributed by atoms with Gasteiger partial charge in [-0.15, -0.1) is 0 Å². The molecule has 0 aliphatic carbocycles. The molecule has 1 N–H and O–H groups in total. The van der Waals surface area contributed by atoms with E-state index in [1.165, 1.54) is 7.11 Å². The second kappa shape index (κ2) is 6.60. The van der Waals surface area contributed by atoms with Crippen molar-refractivity contribution in [1.29, 1.82) is 0 Å². The minimum Gasteiger partial charge on any atom is -0.468 e. The summed E-state index contributed by atoms with van der Waals surface area (Å²) in [6.07, 6.45) is 2.54. The molecule has 7 heteroatoms. The Morgan fingerprint density at radius 1 is 1.52 bits per heavy atom. The Kier molecular flexibility index (Phi) is 4.82. The van der Waals surface area contributed by atoms with Crippen LogP contribution in [-0.2, 0) is 16.0 Å². The fourth-order valence-electron chi connectivity index (χ4n) is 2.74. The van der Waals surface area contributed by atoms with Crippen molar-refractivity contribution in [2.24, 2.45) is 0 Å². The monoisotopic (exact) mass is 295 g/mol. The molecule has 0 aromatic carbocycles. The molecule has 0 saturated carbocycles. The molecule has 1 saturated heterocycles. The van der Waals surface area contributed by atoms with Gasteiger partial charge < -0.3 is 19.5 Å². The molecular formula is C14H21N3O4. The summed E-state index contributed by atoms with van der Waals surface area (Å²) in [5.41, 5.74) is 1.83. The lowest BCUT2D eigenvalue weighted by Gasteiger charge is -2.25. The van der Waals surface area contributed by atoms with Gasteiger partial charge in [0.15, 0.2) is 0 Å². The number of aromatic nitrogens is 1. The van der Waals surface area contributed by atoms with E-state index in [0.29, 0.717) is 6.54 Å². The highest BCUT2D eigenvalue weighted by Crippen LogP contribution is 2.35. The zero-order valence-electron chi connectivity index (χ0n) is 12.6. The number of methoxy groups -OCH3 is 1. The molecule has 0 spiro atoms. The van der Waals surface area contributed by atoms with E-state index in [0.717, 1.165) is 36.3 Å². The lowest BCUT2D eigenvalue weighted by molar-refractivity contribution is -0.139. The third-order valence-corrected chi connectivity index (χ3v) is 3.76. The first-order chi connectivity index (χ1) is 10.1. The van der Waals surface area contributed by atoms with Crippen LogP contribution < -0.4 is 5.32 Å². The van der Waals surface area contributed by atoms with Crippen LogP contribution in [0.2, 0.25) is 0 Å². The van der Waals surface area contributed by atoms with Gasteiger partial charge in [0.25, 0.3) is 0 Å². The number of urea groups is 1. The first kappa shape index (κ1) is 15.3. The van der Waals surface area contributed by atoms with Crippen molar-refractivity contribution in [2.45, 2.75) is 39.2 Å². The van der Waals surface area contributed by atoms with Crippen LogP contribution in [0.25, 0.3) is 0 Å². The number of esters is 1. The molecule has 1 aliphatic heterocycles. The van der Waals surface area contributed by atoms with Crippen molar-refractivity contribution in [3.05, 3.63) is 17.0 Å². The Balaban J connectivity index is 2.11. The van der Waals surface area contributed by atoms with Crippen molar-refractivity contribution in [3.63, 3.8) is 0 Å². The molecule has 1 unspecified atom stereocenters. The number of carbonyl (C=O) groups excluding carboxylic acids is 2. The summed E-state index contributed by atoms with van der Waals surface area (Å²) < 4.78 is 9.84. The van der Waals surface area contributed by atoms with Crippen LogP contribution in [0.5, 0.6) is 0 Å². The maximum Gasteiger partial charge on any atom is 0.325 e. The number of nitrogens with zero attached hydrogens (tertiary/aromatic N) is 2. The van der Waals surface area contributed by atoms with Gasteiger partial charge in [0.1, 0.15) is 12.3 Å². The minimum atomic E-state index is -0.463. The van der Waals surface area contributed by atoms with Gasteiger partial charge in [0, 0.05) is 18.5 Å². The number of aryl methyl sites for hydroxylation is 2. The summed E-state index contributed by atoms with van der Waals surface area (Å²) >= 11 is 0. The van der Waals surface area contributed by atoms with Crippen LogP contribution in [0.4, 0.5) is 4.79 Å². The molecule has 0 bridgehead atoms. The Bertz CT molecular complexity index is 526. The fourth-order valence-corrected chi connectivity index (χ4v) is 2.74. The molecule has 0 radical (unpaired) electrons. The second-order valence-electron chi connectivity index (χ2n) is 5.04. The van der Waals surface area contributed by atoms with E-state index in [4.69, 9.17) is 4.52 Å². The largest absolute Gasteiger partial charge is 0.468 e. The maximum absolute atomic E-state index is 12.2. The Hall–Kier alpha value is -2.05. The van der Waals surface area contributed by atoms with Gasteiger partial charge in [-0.2, -0.15) is 0 Å². The van der Waals surface area contributed by atoms with Crippen LogP contribution in [0.15, 0.2) is 4.52 Å². The number of hydrogen-bond donors (Lipinski definition) is 1. The van der Waals surface area contributed by atoms with Crippen LogP contribution >= 0.6 is 0 Å². The Labute approximate surface area is 123 Å². The average Bonchev–Trinajstić information content (AvgIpc) is 3.09. The molecule has 1 aliphatic rings. The standard InChI is InChI=1S/C14H21N3O4/c1-4-11-13(9(2)16-21-11)10-6-5-7-17(10)14(19)15-8-12(18)20-3/h10H,4-8H2,1-3H3,(H,15,19). The van der Waals surface area contributed by atoms with Gasteiger partial charge in [0.2, 0.25) is 0 Å². The highest BCUT2D eigenvalue weighted by atomic mass is 16.5. The van der Waals surface area contributed by atoms with Crippen LogP contribution in [0, 0.1) is 6.92 Å². The smallest absolute Gasteiger partial charge is 0.325 e. The molecule has 2 heterocycles.